The number of hydrogen-bond acceptors (Lipinski definition) is 4. The molecule has 1 aliphatic rings. The molecule has 1 fully saturated rings. The lowest BCUT2D eigenvalue weighted by Gasteiger charge is -2.33. The Kier molecular flexibility index (Phi) is 4.58. The van der Waals surface area contributed by atoms with Gasteiger partial charge >= 0.3 is 0 Å². The average Bonchev–Trinajstić information content (AvgIpc) is 2.35. The number of rotatable bonds is 4. The van der Waals surface area contributed by atoms with Crippen LogP contribution in [0.2, 0.25) is 0 Å². The summed E-state index contributed by atoms with van der Waals surface area (Å²) in [6, 6.07) is 1.96. The quantitative estimate of drug-likeness (QED) is 0.860. The van der Waals surface area contributed by atoms with Crippen LogP contribution >= 0.6 is 0 Å². The summed E-state index contributed by atoms with van der Waals surface area (Å²) >= 11 is 0. The minimum Gasteiger partial charge on any atom is -0.354 e. The average molecular weight is 264 g/mol. The van der Waals surface area contributed by atoms with Crippen molar-refractivity contribution in [2.75, 3.05) is 24.5 Å². The third-order valence-electron chi connectivity index (χ3n) is 3.68. The van der Waals surface area contributed by atoms with Crippen LogP contribution in [0.4, 0.5) is 5.82 Å². The molecule has 0 bridgehead atoms. The Morgan fingerprint density at radius 3 is 2.68 bits per heavy atom. The highest BCUT2D eigenvalue weighted by molar-refractivity contribution is 5.38. The van der Waals surface area contributed by atoms with Crippen molar-refractivity contribution < 1.29 is 0 Å². The van der Waals surface area contributed by atoms with E-state index in [0.717, 1.165) is 25.5 Å². The summed E-state index contributed by atoms with van der Waals surface area (Å²) in [6.45, 7) is 9.30. The zero-order valence-electron chi connectivity index (χ0n) is 12.1. The van der Waals surface area contributed by atoms with Crippen LogP contribution < -0.4 is 15.8 Å². The van der Waals surface area contributed by atoms with Crippen LogP contribution in [0.5, 0.6) is 0 Å². The van der Waals surface area contributed by atoms with Crippen molar-refractivity contribution in [1.29, 1.82) is 0 Å². The predicted octanol–water partition coefficient (Wildman–Crippen LogP) is 1.29. The molecule has 0 unspecified atom stereocenters. The summed E-state index contributed by atoms with van der Waals surface area (Å²) in [6.07, 6.45) is 2.40. The molecular formula is C14H24N4O. The number of nitrogens with zero attached hydrogens (tertiary/aromatic N) is 2. The van der Waals surface area contributed by atoms with Gasteiger partial charge in [0.15, 0.2) is 0 Å². The Hall–Kier alpha value is -1.36. The largest absolute Gasteiger partial charge is 0.354 e. The van der Waals surface area contributed by atoms with Crippen LogP contribution in [0.15, 0.2) is 10.9 Å². The summed E-state index contributed by atoms with van der Waals surface area (Å²) in [4.78, 5) is 21.0. The van der Waals surface area contributed by atoms with E-state index in [-0.39, 0.29) is 5.56 Å². The standard InChI is InChI=1S/C14H24N4O/c1-10(2)18(9-12-4-6-15-7-5-12)13-8-14(19)17-11(3)16-13/h8,10,12,15H,4-7,9H2,1-3H3,(H,16,17,19). The van der Waals surface area contributed by atoms with Crippen molar-refractivity contribution in [1.82, 2.24) is 15.3 Å². The van der Waals surface area contributed by atoms with E-state index in [4.69, 9.17) is 0 Å². The first kappa shape index (κ1) is 14.1. The molecule has 2 heterocycles. The molecule has 2 rings (SSSR count). The second-order valence-corrected chi connectivity index (χ2v) is 5.63. The number of aryl methyl sites for hydroxylation is 1. The van der Waals surface area contributed by atoms with Gasteiger partial charge in [-0.05, 0) is 52.6 Å². The molecule has 0 atom stereocenters. The van der Waals surface area contributed by atoms with E-state index in [9.17, 15) is 4.79 Å². The molecule has 2 N–H and O–H groups in total. The lowest BCUT2D eigenvalue weighted by Crippen LogP contribution is -2.40. The maximum Gasteiger partial charge on any atom is 0.252 e. The molecule has 0 spiro atoms. The van der Waals surface area contributed by atoms with Gasteiger partial charge in [0.2, 0.25) is 0 Å². The van der Waals surface area contributed by atoms with Crippen molar-refractivity contribution in [3.63, 3.8) is 0 Å². The number of hydrogen-bond donors (Lipinski definition) is 2. The van der Waals surface area contributed by atoms with Gasteiger partial charge in [0.1, 0.15) is 11.6 Å². The molecule has 0 radical (unpaired) electrons. The maximum atomic E-state index is 11.6. The summed E-state index contributed by atoms with van der Waals surface area (Å²) in [5, 5.41) is 3.39. The Morgan fingerprint density at radius 2 is 2.11 bits per heavy atom. The van der Waals surface area contributed by atoms with Gasteiger partial charge in [-0.15, -0.1) is 0 Å². The molecule has 0 aromatic carbocycles. The van der Waals surface area contributed by atoms with Crippen LogP contribution in [-0.2, 0) is 0 Å². The molecule has 5 heteroatoms. The van der Waals surface area contributed by atoms with Gasteiger partial charge in [-0.1, -0.05) is 0 Å². The topological polar surface area (TPSA) is 61.0 Å². The molecule has 0 aliphatic carbocycles. The first-order chi connectivity index (χ1) is 9.06. The number of aromatic nitrogens is 2. The van der Waals surface area contributed by atoms with Crippen molar-refractivity contribution in [2.24, 2.45) is 5.92 Å². The highest BCUT2D eigenvalue weighted by atomic mass is 16.1. The predicted molar refractivity (Wildman–Crippen MR) is 77.7 cm³/mol. The first-order valence-corrected chi connectivity index (χ1v) is 7.11. The summed E-state index contributed by atoms with van der Waals surface area (Å²) < 4.78 is 0. The van der Waals surface area contributed by atoms with Gasteiger partial charge < -0.3 is 15.2 Å². The molecule has 5 nitrogen and oxygen atoms in total. The zero-order chi connectivity index (χ0) is 13.8. The van der Waals surface area contributed by atoms with E-state index in [2.05, 4.69) is 34.0 Å². The molecule has 19 heavy (non-hydrogen) atoms. The Balaban J connectivity index is 2.16. The van der Waals surface area contributed by atoms with Crippen LogP contribution in [0.1, 0.15) is 32.5 Å². The highest BCUT2D eigenvalue weighted by Crippen LogP contribution is 2.19. The van der Waals surface area contributed by atoms with Crippen molar-refractivity contribution in [3.05, 3.63) is 22.2 Å². The van der Waals surface area contributed by atoms with Crippen LogP contribution in [0, 0.1) is 12.8 Å². The van der Waals surface area contributed by atoms with Crippen LogP contribution in [0.25, 0.3) is 0 Å². The lowest BCUT2D eigenvalue weighted by atomic mass is 9.97. The van der Waals surface area contributed by atoms with Gasteiger partial charge in [-0.3, -0.25) is 4.79 Å². The number of nitrogens with one attached hydrogen (secondary N) is 2. The monoisotopic (exact) mass is 264 g/mol. The third-order valence-corrected chi connectivity index (χ3v) is 3.68. The molecule has 1 aliphatic heterocycles. The fourth-order valence-electron chi connectivity index (χ4n) is 2.62. The normalized spacial score (nSPS) is 16.8. The Bertz CT molecular complexity index is 463. The van der Waals surface area contributed by atoms with Crippen LogP contribution in [0.3, 0.4) is 0 Å². The second-order valence-electron chi connectivity index (χ2n) is 5.63. The van der Waals surface area contributed by atoms with Gasteiger partial charge in [0.05, 0.1) is 0 Å². The number of H-pyrrole nitrogens is 1. The fourth-order valence-corrected chi connectivity index (χ4v) is 2.62. The molecule has 1 aromatic rings. The van der Waals surface area contributed by atoms with E-state index in [1.165, 1.54) is 12.8 Å². The Labute approximate surface area is 114 Å². The third kappa shape index (κ3) is 3.80. The van der Waals surface area contributed by atoms with E-state index < -0.39 is 0 Å². The zero-order valence-corrected chi connectivity index (χ0v) is 12.1. The van der Waals surface area contributed by atoms with Gasteiger partial charge in [0.25, 0.3) is 5.56 Å². The highest BCUT2D eigenvalue weighted by Gasteiger charge is 2.20. The maximum absolute atomic E-state index is 11.6. The molecule has 1 saturated heterocycles. The smallest absolute Gasteiger partial charge is 0.252 e. The lowest BCUT2D eigenvalue weighted by molar-refractivity contribution is 0.367. The Morgan fingerprint density at radius 1 is 1.42 bits per heavy atom. The summed E-state index contributed by atoms with van der Waals surface area (Å²) in [7, 11) is 0. The molecule has 106 valence electrons. The molecule has 1 aromatic heterocycles. The number of aromatic amines is 1. The molecular weight excluding hydrogens is 240 g/mol. The summed E-state index contributed by atoms with van der Waals surface area (Å²) in [5.41, 5.74) is -0.0709. The first-order valence-electron chi connectivity index (χ1n) is 7.11. The minimum atomic E-state index is -0.0709. The second kappa shape index (κ2) is 6.19. The van der Waals surface area contributed by atoms with E-state index >= 15 is 0 Å². The molecule has 0 amide bonds. The van der Waals surface area contributed by atoms with Crippen molar-refractivity contribution >= 4 is 5.82 Å². The van der Waals surface area contributed by atoms with E-state index in [1.807, 2.05) is 6.92 Å². The van der Waals surface area contributed by atoms with E-state index in [1.54, 1.807) is 6.07 Å². The molecule has 0 saturated carbocycles. The minimum absolute atomic E-state index is 0.0709. The SMILES string of the molecule is Cc1nc(N(CC2CCNCC2)C(C)C)cc(=O)[nH]1. The van der Waals surface area contributed by atoms with Crippen molar-refractivity contribution in [3.8, 4) is 0 Å². The number of anilines is 1. The van der Waals surface area contributed by atoms with Gasteiger partial charge in [0, 0.05) is 18.7 Å². The fraction of sp³-hybridized carbons (Fsp3) is 0.714. The van der Waals surface area contributed by atoms with Gasteiger partial charge in [-0.2, -0.15) is 0 Å². The van der Waals surface area contributed by atoms with Crippen LogP contribution in [-0.4, -0.2) is 35.6 Å². The van der Waals surface area contributed by atoms with E-state index in [0.29, 0.717) is 17.8 Å². The summed E-state index contributed by atoms with van der Waals surface area (Å²) in [5.74, 6) is 2.17. The van der Waals surface area contributed by atoms with Crippen molar-refractivity contribution in [2.45, 2.75) is 39.7 Å². The number of piperidine rings is 1. The van der Waals surface area contributed by atoms with Gasteiger partial charge in [-0.25, -0.2) is 4.98 Å².